The van der Waals surface area contributed by atoms with Gasteiger partial charge >= 0.3 is 0 Å². The van der Waals surface area contributed by atoms with Crippen molar-refractivity contribution in [2.75, 3.05) is 0 Å². The van der Waals surface area contributed by atoms with Crippen molar-refractivity contribution in [3.8, 4) is 0 Å². The molecule has 0 radical (unpaired) electrons. The predicted octanol–water partition coefficient (Wildman–Crippen LogP) is 4.99. The first-order valence-corrected chi connectivity index (χ1v) is 7.58. The molecule has 0 unspecified atom stereocenters. The van der Waals surface area contributed by atoms with Crippen LogP contribution in [-0.4, -0.2) is 11.7 Å². The van der Waals surface area contributed by atoms with E-state index in [1.165, 1.54) is 31.2 Å². The van der Waals surface area contributed by atoms with E-state index in [0.29, 0.717) is 11.5 Å². The molecule has 1 aromatic carbocycles. The Hall–Kier alpha value is -0.820. The number of ether oxygens (including phenoxy) is 1. The normalized spacial score (nSPS) is 20.4. The summed E-state index contributed by atoms with van der Waals surface area (Å²) in [6.45, 7) is 9.19. The summed E-state index contributed by atoms with van der Waals surface area (Å²) >= 11 is 0. The molecular weight excluding hydrogens is 232 g/mol. The van der Waals surface area contributed by atoms with E-state index >= 15 is 0 Å². The zero-order valence-corrected chi connectivity index (χ0v) is 12.9. The first-order chi connectivity index (χ1) is 8.86. The molecule has 0 spiro atoms. The Kier molecular flexibility index (Phi) is 4.35. The molecule has 0 atom stereocenters. The van der Waals surface area contributed by atoms with E-state index in [-0.39, 0.29) is 5.60 Å². The molecule has 0 bridgehead atoms. The maximum absolute atomic E-state index is 6.38. The van der Waals surface area contributed by atoms with Gasteiger partial charge < -0.3 is 4.74 Å². The molecule has 1 aliphatic carbocycles. The highest BCUT2D eigenvalue weighted by atomic mass is 16.5. The Labute approximate surface area is 118 Å². The van der Waals surface area contributed by atoms with Gasteiger partial charge in [-0.15, -0.1) is 0 Å². The van der Waals surface area contributed by atoms with Crippen LogP contribution in [0.5, 0.6) is 0 Å². The molecular formula is C18H28O. The summed E-state index contributed by atoms with van der Waals surface area (Å²) in [5.74, 6) is 0. The first-order valence-electron chi connectivity index (χ1n) is 7.58. The molecule has 19 heavy (non-hydrogen) atoms. The number of benzene rings is 1. The summed E-state index contributed by atoms with van der Waals surface area (Å²) in [6, 6.07) is 10.7. The first kappa shape index (κ1) is 14.6. The monoisotopic (exact) mass is 260 g/mol. The fourth-order valence-electron chi connectivity index (χ4n) is 3.07. The van der Waals surface area contributed by atoms with Gasteiger partial charge in [0.25, 0.3) is 0 Å². The lowest BCUT2D eigenvalue weighted by molar-refractivity contribution is -0.0940. The SMILES string of the molecule is CC1(C)CCC(OC(C)(C)Cc2ccccc2)CC1. The second kappa shape index (κ2) is 5.66. The minimum atomic E-state index is -0.0620. The van der Waals surface area contributed by atoms with Crippen molar-refractivity contribution < 1.29 is 4.74 Å². The highest BCUT2D eigenvalue weighted by Crippen LogP contribution is 2.37. The van der Waals surface area contributed by atoms with E-state index in [1.807, 2.05) is 0 Å². The quantitative estimate of drug-likeness (QED) is 0.740. The van der Waals surface area contributed by atoms with Crippen LogP contribution in [0, 0.1) is 5.41 Å². The van der Waals surface area contributed by atoms with Gasteiger partial charge in [0.05, 0.1) is 11.7 Å². The third-order valence-corrected chi connectivity index (χ3v) is 4.24. The fraction of sp³-hybridized carbons (Fsp3) is 0.667. The second-order valence-electron chi connectivity index (χ2n) is 7.40. The van der Waals surface area contributed by atoms with Crippen molar-refractivity contribution in [1.29, 1.82) is 0 Å². The van der Waals surface area contributed by atoms with Gasteiger partial charge in [-0.25, -0.2) is 0 Å². The van der Waals surface area contributed by atoms with Gasteiger partial charge in [0.2, 0.25) is 0 Å². The average Bonchev–Trinajstić information content (AvgIpc) is 2.32. The molecule has 1 heteroatoms. The molecule has 1 saturated carbocycles. The van der Waals surface area contributed by atoms with Crippen molar-refractivity contribution in [1.82, 2.24) is 0 Å². The highest BCUT2D eigenvalue weighted by molar-refractivity contribution is 5.16. The molecule has 0 aliphatic heterocycles. The van der Waals surface area contributed by atoms with E-state index < -0.39 is 0 Å². The number of hydrogen-bond acceptors (Lipinski definition) is 1. The number of hydrogen-bond donors (Lipinski definition) is 0. The predicted molar refractivity (Wildman–Crippen MR) is 81.3 cm³/mol. The van der Waals surface area contributed by atoms with E-state index in [0.717, 1.165) is 6.42 Å². The second-order valence-corrected chi connectivity index (χ2v) is 7.40. The van der Waals surface area contributed by atoms with Crippen molar-refractivity contribution in [3.63, 3.8) is 0 Å². The minimum absolute atomic E-state index is 0.0620. The maximum Gasteiger partial charge on any atom is 0.0670 e. The van der Waals surface area contributed by atoms with E-state index in [2.05, 4.69) is 58.0 Å². The van der Waals surface area contributed by atoms with Crippen LogP contribution in [0.3, 0.4) is 0 Å². The van der Waals surface area contributed by atoms with Crippen molar-refractivity contribution in [3.05, 3.63) is 35.9 Å². The molecule has 1 nitrogen and oxygen atoms in total. The van der Waals surface area contributed by atoms with Gasteiger partial charge in [0.15, 0.2) is 0 Å². The smallest absolute Gasteiger partial charge is 0.0670 e. The van der Waals surface area contributed by atoms with E-state index in [1.54, 1.807) is 0 Å². The van der Waals surface area contributed by atoms with Gasteiger partial charge in [0, 0.05) is 6.42 Å². The lowest BCUT2D eigenvalue weighted by Crippen LogP contribution is -2.36. The summed E-state index contributed by atoms with van der Waals surface area (Å²) in [6.07, 6.45) is 6.45. The van der Waals surface area contributed by atoms with E-state index in [9.17, 15) is 0 Å². The third kappa shape index (κ3) is 4.65. The van der Waals surface area contributed by atoms with Crippen LogP contribution in [0.2, 0.25) is 0 Å². The van der Waals surface area contributed by atoms with Gasteiger partial charge in [-0.3, -0.25) is 0 Å². The zero-order chi connectivity index (χ0) is 13.9. The molecule has 0 amide bonds. The standard InChI is InChI=1S/C18H28O/c1-17(2)12-10-16(11-13-17)19-18(3,4)14-15-8-6-5-7-9-15/h5-9,16H,10-14H2,1-4H3. The molecule has 0 heterocycles. The Morgan fingerprint density at radius 3 is 2.26 bits per heavy atom. The van der Waals surface area contributed by atoms with Crippen molar-refractivity contribution in [2.24, 2.45) is 5.41 Å². The molecule has 0 saturated heterocycles. The van der Waals surface area contributed by atoms with Crippen LogP contribution in [0.4, 0.5) is 0 Å². The maximum atomic E-state index is 6.38. The molecule has 1 fully saturated rings. The molecule has 0 aromatic heterocycles. The van der Waals surface area contributed by atoms with Gasteiger partial charge in [-0.2, -0.15) is 0 Å². The summed E-state index contributed by atoms with van der Waals surface area (Å²) in [5, 5.41) is 0. The summed E-state index contributed by atoms with van der Waals surface area (Å²) in [5.41, 5.74) is 1.82. The van der Waals surface area contributed by atoms with Gasteiger partial charge in [-0.1, -0.05) is 44.2 Å². The van der Waals surface area contributed by atoms with Crippen molar-refractivity contribution in [2.45, 2.75) is 71.5 Å². The van der Waals surface area contributed by atoms with Crippen LogP contribution in [0.25, 0.3) is 0 Å². The van der Waals surface area contributed by atoms with Crippen LogP contribution < -0.4 is 0 Å². The lowest BCUT2D eigenvalue weighted by Gasteiger charge is -2.38. The summed E-state index contributed by atoms with van der Waals surface area (Å²) in [4.78, 5) is 0. The fourth-order valence-corrected chi connectivity index (χ4v) is 3.07. The van der Waals surface area contributed by atoms with Crippen LogP contribution in [0.15, 0.2) is 30.3 Å². The summed E-state index contributed by atoms with van der Waals surface area (Å²) < 4.78 is 6.38. The largest absolute Gasteiger partial charge is 0.372 e. The highest BCUT2D eigenvalue weighted by Gasteiger charge is 2.31. The van der Waals surface area contributed by atoms with Crippen molar-refractivity contribution >= 4 is 0 Å². The summed E-state index contributed by atoms with van der Waals surface area (Å²) in [7, 11) is 0. The minimum Gasteiger partial charge on any atom is -0.372 e. The average molecular weight is 260 g/mol. The molecule has 1 aliphatic rings. The Bertz CT molecular complexity index is 381. The Morgan fingerprint density at radius 2 is 1.68 bits per heavy atom. The topological polar surface area (TPSA) is 9.23 Å². The third-order valence-electron chi connectivity index (χ3n) is 4.24. The Balaban J connectivity index is 1.87. The van der Waals surface area contributed by atoms with Crippen LogP contribution in [0.1, 0.15) is 58.9 Å². The molecule has 0 N–H and O–H groups in total. The van der Waals surface area contributed by atoms with E-state index in [4.69, 9.17) is 4.74 Å². The van der Waals surface area contributed by atoms with Crippen LogP contribution >= 0.6 is 0 Å². The number of rotatable bonds is 4. The molecule has 106 valence electrons. The van der Waals surface area contributed by atoms with Gasteiger partial charge in [-0.05, 0) is 50.5 Å². The van der Waals surface area contributed by atoms with Gasteiger partial charge in [0.1, 0.15) is 0 Å². The zero-order valence-electron chi connectivity index (χ0n) is 12.9. The Morgan fingerprint density at radius 1 is 1.11 bits per heavy atom. The van der Waals surface area contributed by atoms with Crippen LogP contribution in [-0.2, 0) is 11.2 Å². The lowest BCUT2D eigenvalue weighted by atomic mass is 9.76. The molecule has 1 aromatic rings. The molecule has 2 rings (SSSR count).